The first-order chi connectivity index (χ1) is 13.4. The molecule has 0 radical (unpaired) electrons. The molecule has 4 rings (SSSR count). The van der Waals surface area contributed by atoms with Crippen molar-refractivity contribution >= 4 is 28.5 Å². The zero-order valence-electron chi connectivity index (χ0n) is 15.6. The Morgan fingerprint density at radius 1 is 1.18 bits per heavy atom. The third kappa shape index (κ3) is 3.46. The minimum atomic E-state index is -0.328. The molecular formula is C19H20ClFN6O. The van der Waals surface area contributed by atoms with E-state index in [9.17, 15) is 9.18 Å². The van der Waals surface area contributed by atoms with Gasteiger partial charge in [-0.15, -0.1) is 0 Å². The molecule has 0 aliphatic carbocycles. The van der Waals surface area contributed by atoms with Crippen molar-refractivity contribution in [1.29, 1.82) is 0 Å². The predicted molar refractivity (Wildman–Crippen MR) is 105 cm³/mol. The molecule has 1 amide bonds. The fourth-order valence-electron chi connectivity index (χ4n) is 3.25. The number of aryl methyl sites for hydroxylation is 1. The highest BCUT2D eigenvalue weighted by Gasteiger charge is 2.22. The van der Waals surface area contributed by atoms with E-state index in [0.29, 0.717) is 33.0 Å². The Bertz CT molecular complexity index is 1030. The molecule has 2 aromatic heterocycles. The number of amides is 1. The molecule has 1 N–H and O–H groups in total. The van der Waals surface area contributed by atoms with E-state index in [4.69, 9.17) is 11.6 Å². The summed E-state index contributed by atoms with van der Waals surface area (Å²) in [6.07, 6.45) is 1.46. The van der Waals surface area contributed by atoms with Crippen molar-refractivity contribution in [2.24, 2.45) is 0 Å². The van der Waals surface area contributed by atoms with Gasteiger partial charge in [-0.3, -0.25) is 10.2 Å². The van der Waals surface area contributed by atoms with Crippen LogP contribution >= 0.6 is 11.6 Å². The zero-order valence-corrected chi connectivity index (χ0v) is 16.4. The lowest BCUT2D eigenvalue weighted by Gasteiger charge is -2.32. The summed E-state index contributed by atoms with van der Waals surface area (Å²) < 4.78 is 14.8. The van der Waals surface area contributed by atoms with E-state index in [-0.39, 0.29) is 11.7 Å². The molecule has 0 unspecified atom stereocenters. The summed E-state index contributed by atoms with van der Waals surface area (Å²) in [5, 5.41) is 7.28. The highest BCUT2D eigenvalue weighted by Crippen LogP contribution is 2.30. The third-order valence-corrected chi connectivity index (χ3v) is 5.28. The van der Waals surface area contributed by atoms with Gasteiger partial charge in [0.1, 0.15) is 5.82 Å². The number of hydrogen-bond acceptors (Lipinski definition) is 5. The average Bonchev–Trinajstić information content (AvgIpc) is 3.02. The summed E-state index contributed by atoms with van der Waals surface area (Å²) in [7, 11) is 2.05. The molecule has 0 spiro atoms. The maximum atomic E-state index is 13.2. The number of pyridine rings is 1. The first-order valence-electron chi connectivity index (χ1n) is 8.98. The van der Waals surface area contributed by atoms with Crippen molar-refractivity contribution in [2.75, 3.05) is 33.2 Å². The quantitative estimate of drug-likeness (QED) is 0.728. The van der Waals surface area contributed by atoms with Crippen molar-refractivity contribution in [3.05, 3.63) is 52.6 Å². The second kappa shape index (κ2) is 7.46. The number of carbonyl (C=O) groups excluding carboxylic acids is 1. The van der Waals surface area contributed by atoms with Gasteiger partial charge in [-0.1, -0.05) is 11.6 Å². The summed E-state index contributed by atoms with van der Waals surface area (Å²) in [6.45, 7) is 5.07. The molecule has 28 heavy (non-hydrogen) atoms. The van der Waals surface area contributed by atoms with Crippen LogP contribution in [0.2, 0.25) is 5.02 Å². The molecule has 0 atom stereocenters. The molecule has 1 aliphatic rings. The highest BCUT2D eigenvalue weighted by atomic mass is 35.5. The van der Waals surface area contributed by atoms with Crippen LogP contribution in [0.4, 0.5) is 4.39 Å². The summed E-state index contributed by atoms with van der Waals surface area (Å²) in [5.41, 5.74) is 5.03. The first-order valence-corrected chi connectivity index (χ1v) is 9.36. The fourth-order valence-corrected chi connectivity index (χ4v) is 3.61. The van der Waals surface area contributed by atoms with Crippen molar-refractivity contribution in [2.45, 2.75) is 6.92 Å². The molecule has 146 valence electrons. The number of likely N-dealkylation sites (N-methyl/N-ethyl adjacent to an activating group) is 1. The van der Waals surface area contributed by atoms with Crippen molar-refractivity contribution in [3.8, 4) is 5.69 Å². The number of carbonyl (C=O) groups is 1. The van der Waals surface area contributed by atoms with E-state index < -0.39 is 0 Å². The number of nitrogens with one attached hydrogen (secondary N) is 1. The lowest BCUT2D eigenvalue weighted by atomic mass is 10.2. The van der Waals surface area contributed by atoms with E-state index in [1.165, 1.54) is 18.3 Å². The third-order valence-electron chi connectivity index (χ3n) is 4.89. The second-order valence-corrected chi connectivity index (χ2v) is 7.27. The van der Waals surface area contributed by atoms with E-state index >= 15 is 0 Å². The van der Waals surface area contributed by atoms with Crippen molar-refractivity contribution in [3.63, 3.8) is 0 Å². The number of piperazine rings is 1. The number of nitrogens with zero attached hydrogens (tertiary/aromatic N) is 5. The number of aromatic nitrogens is 3. The van der Waals surface area contributed by atoms with Crippen molar-refractivity contribution in [1.82, 2.24) is 30.1 Å². The van der Waals surface area contributed by atoms with E-state index in [1.54, 1.807) is 23.7 Å². The standard InChI is InChI=1S/C19H20ClFN6O/c1-12-16-17(20)15(19(28)24-26-9-7-25(2)8-10-26)11-22-18(16)27(23-12)14-5-3-13(21)4-6-14/h3-6,11H,7-10H2,1-2H3,(H,24,28). The molecule has 0 saturated carbocycles. The lowest BCUT2D eigenvalue weighted by molar-refractivity contribution is 0.0662. The Morgan fingerprint density at radius 2 is 1.86 bits per heavy atom. The number of hydrazine groups is 1. The molecule has 0 bridgehead atoms. The van der Waals surface area contributed by atoms with Gasteiger partial charge >= 0.3 is 0 Å². The van der Waals surface area contributed by atoms with Gasteiger partial charge in [0.2, 0.25) is 0 Å². The lowest BCUT2D eigenvalue weighted by Crippen LogP contribution is -2.52. The van der Waals surface area contributed by atoms with Gasteiger partial charge in [0.15, 0.2) is 5.65 Å². The molecule has 9 heteroatoms. The van der Waals surface area contributed by atoms with Crippen LogP contribution in [0.5, 0.6) is 0 Å². The van der Waals surface area contributed by atoms with Gasteiger partial charge in [-0.2, -0.15) is 5.10 Å². The van der Waals surface area contributed by atoms with Crippen LogP contribution in [0.15, 0.2) is 30.5 Å². The molecule has 1 saturated heterocycles. The monoisotopic (exact) mass is 402 g/mol. The maximum absolute atomic E-state index is 13.2. The second-order valence-electron chi connectivity index (χ2n) is 6.89. The molecule has 1 aromatic carbocycles. The largest absolute Gasteiger partial charge is 0.304 e. The number of halogens is 2. The molecule has 3 aromatic rings. The Hall–Kier alpha value is -2.55. The fraction of sp³-hybridized carbons (Fsp3) is 0.316. The Kier molecular flexibility index (Phi) is 5.01. The van der Waals surface area contributed by atoms with Gasteiger partial charge in [0.05, 0.1) is 27.4 Å². The molecule has 1 fully saturated rings. The van der Waals surface area contributed by atoms with Crippen LogP contribution in [0.25, 0.3) is 16.7 Å². The molecule has 1 aliphatic heterocycles. The van der Waals surface area contributed by atoms with Gasteiger partial charge in [-0.25, -0.2) is 19.1 Å². The first kappa shape index (κ1) is 18.8. The summed E-state index contributed by atoms with van der Waals surface area (Å²) in [4.78, 5) is 19.4. The minimum absolute atomic E-state index is 0.294. The minimum Gasteiger partial charge on any atom is -0.304 e. The number of benzene rings is 1. The van der Waals surface area contributed by atoms with Crippen LogP contribution in [0, 0.1) is 12.7 Å². The van der Waals surface area contributed by atoms with E-state index in [0.717, 1.165) is 26.2 Å². The molecule has 3 heterocycles. The van der Waals surface area contributed by atoms with Gasteiger partial charge < -0.3 is 4.90 Å². The normalized spacial score (nSPS) is 15.9. The number of fused-ring (bicyclic) bond motifs is 1. The van der Waals surface area contributed by atoms with Crippen molar-refractivity contribution < 1.29 is 9.18 Å². The SMILES string of the molecule is Cc1nn(-c2ccc(F)cc2)c2ncc(C(=O)NN3CCN(C)CC3)c(Cl)c12. The van der Waals surface area contributed by atoms with E-state index in [1.807, 2.05) is 5.01 Å². The van der Waals surface area contributed by atoms with Crippen LogP contribution in [0.3, 0.4) is 0 Å². The summed E-state index contributed by atoms with van der Waals surface area (Å²) in [5.74, 6) is -0.622. The molecular weight excluding hydrogens is 383 g/mol. The summed E-state index contributed by atoms with van der Waals surface area (Å²) >= 11 is 6.57. The Morgan fingerprint density at radius 3 is 2.54 bits per heavy atom. The maximum Gasteiger partial charge on any atom is 0.268 e. The van der Waals surface area contributed by atoms with Gasteiger partial charge in [-0.05, 0) is 38.2 Å². The Labute approximate surface area is 166 Å². The van der Waals surface area contributed by atoms with Crippen LogP contribution < -0.4 is 5.43 Å². The molecule has 7 nitrogen and oxygen atoms in total. The van der Waals surface area contributed by atoms with Gasteiger partial charge in [0, 0.05) is 32.4 Å². The number of hydrogen-bond donors (Lipinski definition) is 1. The van der Waals surface area contributed by atoms with Crippen LogP contribution in [0.1, 0.15) is 16.1 Å². The average molecular weight is 403 g/mol. The smallest absolute Gasteiger partial charge is 0.268 e. The Balaban J connectivity index is 1.66. The van der Waals surface area contributed by atoms with Crippen LogP contribution in [-0.4, -0.2) is 63.8 Å². The predicted octanol–water partition coefficient (Wildman–Crippen LogP) is 2.41. The topological polar surface area (TPSA) is 66.3 Å². The number of rotatable bonds is 3. The highest BCUT2D eigenvalue weighted by molar-refractivity contribution is 6.38. The zero-order chi connectivity index (χ0) is 19.8. The van der Waals surface area contributed by atoms with Crippen LogP contribution in [-0.2, 0) is 0 Å². The van der Waals surface area contributed by atoms with E-state index in [2.05, 4.69) is 27.5 Å². The summed E-state index contributed by atoms with van der Waals surface area (Å²) in [6, 6.07) is 5.95. The van der Waals surface area contributed by atoms with Gasteiger partial charge in [0.25, 0.3) is 5.91 Å².